The number of likely N-dealkylation sites (N-methyl/N-ethyl adjacent to an activating group) is 1. The molecule has 0 aromatic rings. The molecule has 19 heavy (non-hydrogen) atoms. The van der Waals surface area contributed by atoms with Crippen LogP contribution in [0.3, 0.4) is 0 Å². The van der Waals surface area contributed by atoms with E-state index in [-0.39, 0.29) is 11.8 Å². The van der Waals surface area contributed by atoms with Crippen LogP contribution in [0.25, 0.3) is 0 Å². The van der Waals surface area contributed by atoms with Gasteiger partial charge in [0.05, 0.1) is 6.04 Å². The SMILES string of the molecule is CN(C(=O)OC(C)(C)C)C(/C(N)=N/O)C1CCCC1. The van der Waals surface area contributed by atoms with E-state index in [1.807, 2.05) is 20.8 Å². The lowest BCUT2D eigenvalue weighted by molar-refractivity contribution is 0.0226. The zero-order valence-electron chi connectivity index (χ0n) is 12.2. The summed E-state index contributed by atoms with van der Waals surface area (Å²) in [5.41, 5.74) is 5.19. The Morgan fingerprint density at radius 2 is 1.95 bits per heavy atom. The number of hydrogen-bond donors (Lipinski definition) is 2. The largest absolute Gasteiger partial charge is 0.444 e. The molecule has 0 bridgehead atoms. The van der Waals surface area contributed by atoms with E-state index in [2.05, 4.69) is 5.16 Å². The van der Waals surface area contributed by atoms with Crippen LogP contribution in [0.4, 0.5) is 4.79 Å². The van der Waals surface area contributed by atoms with Crippen LogP contribution in [-0.2, 0) is 4.74 Å². The molecule has 110 valence electrons. The van der Waals surface area contributed by atoms with Crippen molar-refractivity contribution in [1.82, 2.24) is 4.90 Å². The fourth-order valence-electron chi connectivity index (χ4n) is 2.54. The first-order valence-corrected chi connectivity index (χ1v) is 6.69. The lowest BCUT2D eigenvalue weighted by Crippen LogP contribution is -2.50. The Labute approximate surface area is 114 Å². The maximum absolute atomic E-state index is 12.1. The molecule has 0 aromatic heterocycles. The molecule has 0 radical (unpaired) electrons. The summed E-state index contributed by atoms with van der Waals surface area (Å²) in [4.78, 5) is 13.5. The Balaban J connectivity index is 2.82. The van der Waals surface area contributed by atoms with E-state index in [9.17, 15) is 4.79 Å². The maximum atomic E-state index is 12.1. The lowest BCUT2D eigenvalue weighted by atomic mass is 9.96. The van der Waals surface area contributed by atoms with E-state index in [1.165, 1.54) is 4.90 Å². The van der Waals surface area contributed by atoms with Gasteiger partial charge in [-0.3, -0.25) is 0 Å². The van der Waals surface area contributed by atoms with Crippen molar-refractivity contribution < 1.29 is 14.7 Å². The van der Waals surface area contributed by atoms with Crippen LogP contribution < -0.4 is 5.73 Å². The number of hydrogen-bond acceptors (Lipinski definition) is 4. The third kappa shape index (κ3) is 4.29. The van der Waals surface area contributed by atoms with Crippen LogP contribution in [0, 0.1) is 5.92 Å². The number of carbonyl (C=O) groups is 1. The Bertz CT molecular complexity index is 344. The predicted octanol–water partition coefficient (Wildman–Crippen LogP) is 2.16. The van der Waals surface area contributed by atoms with Crippen molar-refractivity contribution in [1.29, 1.82) is 0 Å². The molecule has 0 aromatic carbocycles. The number of amidine groups is 1. The number of nitrogens with zero attached hydrogens (tertiary/aromatic N) is 2. The molecule has 1 rings (SSSR count). The fraction of sp³-hybridized carbons (Fsp3) is 0.846. The molecule has 1 unspecified atom stereocenters. The van der Waals surface area contributed by atoms with Crippen LogP contribution >= 0.6 is 0 Å². The maximum Gasteiger partial charge on any atom is 0.410 e. The van der Waals surface area contributed by atoms with Crippen LogP contribution in [0.15, 0.2) is 5.16 Å². The standard InChI is InChI=1S/C13H25N3O3/c1-13(2,3)19-12(17)16(4)10(11(14)15-18)9-7-5-6-8-9/h9-10,18H,5-8H2,1-4H3,(H2,14,15). The van der Waals surface area contributed by atoms with Gasteiger partial charge in [-0.2, -0.15) is 0 Å². The summed E-state index contributed by atoms with van der Waals surface area (Å²) in [6, 6.07) is -0.401. The Hall–Kier alpha value is -1.46. The molecule has 1 saturated carbocycles. The van der Waals surface area contributed by atoms with Gasteiger partial charge in [0.25, 0.3) is 0 Å². The minimum Gasteiger partial charge on any atom is -0.444 e. The molecule has 3 N–H and O–H groups in total. The highest BCUT2D eigenvalue weighted by atomic mass is 16.6. The molecule has 0 aliphatic heterocycles. The van der Waals surface area contributed by atoms with Crippen molar-refractivity contribution in [3.05, 3.63) is 0 Å². The number of ether oxygens (including phenoxy) is 1. The van der Waals surface area contributed by atoms with Crippen LogP contribution in [0.2, 0.25) is 0 Å². The van der Waals surface area contributed by atoms with E-state index in [0.29, 0.717) is 0 Å². The molecule has 6 nitrogen and oxygen atoms in total. The molecule has 0 saturated heterocycles. The number of rotatable bonds is 3. The monoisotopic (exact) mass is 271 g/mol. The van der Waals surface area contributed by atoms with Gasteiger partial charge in [0.1, 0.15) is 5.60 Å². The predicted molar refractivity (Wildman–Crippen MR) is 73.2 cm³/mol. The first kappa shape index (κ1) is 15.6. The van der Waals surface area contributed by atoms with Crippen molar-refractivity contribution in [3.63, 3.8) is 0 Å². The summed E-state index contributed by atoms with van der Waals surface area (Å²) < 4.78 is 5.33. The zero-order chi connectivity index (χ0) is 14.6. The molecular weight excluding hydrogens is 246 g/mol. The molecular formula is C13H25N3O3. The first-order valence-electron chi connectivity index (χ1n) is 6.69. The zero-order valence-corrected chi connectivity index (χ0v) is 12.2. The van der Waals surface area contributed by atoms with E-state index < -0.39 is 17.7 Å². The van der Waals surface area contributed by atoms with Gasteiger partial charge < -0.3 is 20.6 Å². The van der Waals surface area contributed by atoms with E-state index in [0.717, 1.165) is 25.7 Å². The van der Waals surface area contributed by atoms with E-state index in [4.69, 9.17) is 15.7 Å². The van der Waals surface area contributed by atoms with Gasteiger partial charge >= 0.3 is 6.09 Å². The summed E-state index contributed by atoms with van der Waals surface area (Å²) >= 11 is 0. The van der Waals surface area contributed by atoms with Gasteiger partial charge in [0.15, 0.2) is 5.84 Å². The third-order valence-electron chi connectivity index (χ3n) is 3.36. The summed E-state index contributed by atoms with van der Waals surface area (Å²) in [5, 5.41) is 12.0. The molecule has 1 atom stereocenters. The highest BCUT2D eigenvalue weighted by Crippen LogP contribution is 2.30. The normalized spacial score (nSPS) is 19.3. The second kappa shape index (κ2) is 6.12. The van der Waals surface area contributed by atoms with Crippen molar-refractivity contribution in [2.24, 2.45) is 16.8 Å². The van der Waals surface area contributed by atoms with Gasteiger partial charge in [0.2, 0.25) is 0 Å². The quantitative estimate of drug-likeness (QED) is 0.356. The van der Waals surface area contributed by atoms with Crippen LogP contribution in [0.1, 0.15) is 46.5 Å². The highest BCUT2D eigenvalue weighted by molar-refractivity contribution is 5.88. The third-order valence-corrected chi connectivity index (χ3v) is 3.36. The fourth-order valence-corrected chi connectivity index (χ4v) is 2.54. The van der Waals surface area contributed by atoms with Crippen molar-refractivity contribution >= 4 is 11.9 Å². The van der Waals surface area contributed by atoms with E-state index in [1.54, 1.807) is 7.05 Å². The summed E-state index contributed by atoms with van der Waals surface area (Å²) in [6.45, 7) is 5.44. The first-order chi connectivity index (χ1) is 8.76. The molecule has 6 heteroatoms. The van der Waals surface area contributed by atoms with Gasteiger partial charge in [-0.1, -0.05) is 18.0 Å². The van der Waals surface area contributed by atoms with Crippen LogP contribution in [-0.4, -0.2) is 40.7 Å². The number of nitrogens with two attached hydrogens (primary N) is 1. The smallest absolute Gasteiger partial charge is 0.410 e. The van der Waals surface area contributed by atoms with E-state index >= 15 is 0 Å². The van der Waals surface area contributed by atoms with Crippen molar-refractivity contribution in [2.75, 3.05) is 7.05 Å². The molecule has 1 fully saturated rings. The van der Waals surface area contributed by atoms with Crippen LogP contribution in [0.5, 0.6) is 0 Å². The Morgan fingerprint density at radius 3 is 2.37 bits per heavy atom. The average Bonchev–Trinajstić information content (AvgIpc) is 2.80. The molecule has 1 amide bonds. The Kier molecular flexibility index (Phi) is 5.03. The van der Waals surface area contributed by atoms with Gasteiger partial charge in [0, 0.05) is 7.05 Å². The highest BCUT2D eigenvalue weighted by Gasteiger charge is 2.35. The number of oxime groups is 1. The van der Waals surface area contributed by atoms with Gasteiger partial charge in [-0.25, -0.2) is 4.79 Å². The summed E-state index contributed by atoms with van der Waals surface area (Å²) in [6.07, 6.45) is 3.74. The van der Waals surface area contributed by atoms with Crippen molar-refractivity contribution in [3.8, 4) is 0 Å². The average molecular weight is 271 g/mol. The van der Waals surface area contributed by atoms with Gasteiger partial charge in [-0.15, -0.1) is 0 Å². The second-order valence-corrected chi connectivity index (χ2v) is 6.11. The number of carbonyl (C=O) groups excluding carboxylic acids is 1. The molecule has 1 aliphatic carbocycles. The minimum atomic E-state index is -0.559. The minimum absolute atomic E-state index is 0.0697. The Morgan fingerprint density at radius 1 is 1.42 bits per heavy atom. The number of amides is 1. The summed E-state index contributed by atoms with van der Waals surface area (Å²) in [7, 11) is 1.63. The molecule has 0 spiro atoms. The molecule has 1 aliphatic rings. The van der Waals surface area contributed by atoms with Crippen molar-refractivity contribution in [2.45, 2.75) is 58.1 Å². The summed E-state index contributed by atoms with van der Waals surface area (Å²) in [5.74, 6) is 0.300. The topological polar surface area (TPSA) is 88.2 Å². The molecule has 0 heterocycles. The van der Waals surface area contributed by atoms with Gasteiger partial charge in [-0.05, 0) is 39.5 Å². The second-order valence-electron chi connectivity index (χ2n) is 6.11. The lowest BCUT2D eigenvalue weighted by Gasteiger charge is -2.33.